The van der Waals surface area contributed by atoms with Gasteiger partial charge in [-0.05, 0) is 19.9 Å². The molecule has 1 heterocycles. The second-order valence-electron chi connectivity index (χ2n) is 3.44. The molecule has 1 aromatic rings. The molecular formula is C10H16N2O3S. The summed E-state index contributed by atoms with van der Waals surface area (Å²) in [5.41, 5.74) is 0. The van der Waals surface area contributed by atoms with E-state index in [4.69, 9.17) is 4.74 Å². The molecule has 16 heavy (non-hydrogen) atoms. The van der Waals surface area contributed by atoms with Gasteiger partial charge in [-0.1, -0.05) is 11.3 Å². The molecule has 0 saturated carbocycles. The van der Waals surface area contributed by atoms with Crippen molar-refractivity contribution < 1.29 is 9.66 Å². The fourth-order valence-electron chi connectivity index (χ4n) is 1.19. The predicted octanol–water partition coefficient (Wildman–Crippen LogP) is 2.17. The van der Waals surface area contributed by atoms with Crippen molar-refractivity contribution >= 4 is 16.3 Å². The van der Waals surface area contributed by atoms with Gasteiger partial charge in [0, 0.05) is 30.1 Å². The fourth-order valence-corrected chi connectivity index (χ4v) is 1.96. The van der Waals surface area contributed by atoms with Crippen molar-refractivity contribution in [3.63, 3.8) is 0 Å². The SMILES string of the molecule is CCOCC(C)NCc1ccc([N+](=O)[O-])s1. The lowest BCUT2D eigenvalue weighted by atomic mass is 10.3. The highest BCUT2D eigenvalue weighted by molar-refractivity contribution is 7.15. The van der Waals surface area contributed by atoms with Crippen LogP contribution in [0.2, 0.25) is 0 Å². The van der Waals surface area contributed by atoms with Crippen molar-refractivity contribution in [3.05, 3.63) is 27.1 Å². The fraction of sp³-hybridized carbons (Fsp3) is 0.600. The third-order valence-electron chi connectivity index (χ3n) is 2.02. The molecule has 1 atom stereocenters. The smallest absolute Gasteiger partial charge is 0.324 e. The molecule has 0 radical (unpaired) electrons. The number of nitro groups is 1. The van der Waals surface area contributed by atoms with Gasteiger partial charge in [0.1, 0.15) is 0 Å². The summed E-state index contributed by atoms with van der Waals surface area (Å²) < 4.78 is 5.26. The van der Waals surface area contributed by atoms with Crippen LogP contribution in [0.25, 0.3) is 0 Å². The maximum atomic E-state index is 10.5. The second-order valence-corrected chi connectivity index (χ2v) is 4.59. The molecule has 0 aliphatic heterocycles. The monoisotopic (exact) mass is 244 g/mol. The molecule has 0 aliphatic carbocycles. The maximum absolute atomic E-state index is 10.5. The normalized spacial score (nSPS) is 12.6. The Morgan fingerprint density at radius 3 is 2.94 bits per heavy atom. The molecule has 1 unspecified atom stereocenters. The molecule has 90 valence electrons. The average molecular weight is 244 g/mol. The molecule has 0 spiro atoms. The zero-order valence-corrected chi connectivity index (χ0v) is 10.3. The molecule has 0 bridgehead atoms. The summed E-state index contributed by atoms with van der Waals surface area (Å²) in [6, 6.07) is 3.57. The van der Waals surface area contributed by atoms with E-state index in [9.17, 15) is 10.1 Å². The number of rotatable bonds is 7. The Balaban J connectivity index is 2.33. The number of thiophene rings is 1. The van der Waals surface area contributed by atoms with E-state index in [1.807, 2.05) is 13.8 Å². The third kappa shape index (κ3) is 4.26. The average Bonchev–Trinajstić information content (AvgIpc) is 2.72. The molecule has 0 fully saturated rings. The Kier molecular flexibility index (Phi) is 5.37. The van der Waals surface area contributed by atoms with Crippen LogP contribution in [-0.4, -0.2) is 24.2 Å². The predicted molar refractivity (Wildman–Crippen MR) is 63.8 cm³/mol. The molecular weight excluding hydrogens is 228 g/mol. The van der Waals surface area contributed by atoms with Crippen LogP contribution in [0.15, 0.2) is 12.1 Å². The summed E-state index contributed by atoms with van der Waals surface area (Å²) in [5.74, 6) is 0. The van der Waals surface area contributed by atoms with Crippen molar-refractivity contribution in [2.75, 3.05) is 13.2 Å². The van der Waals surface area contributed by atoms with Crippen LogP contribution >= 0.6 is 11.3 Å². The first-order valence-electron chi connectivity index (χ1n) is 5.17. The van der Waals surface area contributed by atoms with E-state index in [0.29, 0.717) is 19.8 Å². The first-order chi connectivity index (χ1) is 7.63. The van der Waals surface area contributed by atoms with Gasteiger partial charge in [0.05, 0.1) is 11.5 Å². The summed E-state index contributed by atoms with van der Waals surface area (Å²) >= 11 is 1.20. The molecule has 0 aliphatic rings. The van der Waals surface area contributed by atoms with Crippen LogP contribution in [0.1, 0.15) is 18.7 Å². The second kappa shape index (κ2) is 6.57. The highest BCUT2D eigenvalue weighted by atomic mass is 32.1. The van der Waals surface area contributed by atoms with Gasteiger partial charge in [0.15, 0.2) is 0 Å². The van der Waals surface area contributed by atoms with Gasteiger partial charge in [0.2, 0.25) is 0 Å². The highest BCUT2D eigenvalue weighted by Crippen LogP contribution is 2.23. The zero-order chi connectivity index (χ0) is 12.0. The minimum Gasteiger partial charge on any atom is -0.380 e. The molecule has 0 saturated heterocycles. The standard InChI is InChI=1S/C10H16N2O3S/c1-3-15-7-8(2)11-6-9-4-5-10(16-9)12(13)14/h4-5,8,11H,3,6-7H2,1-2H3. The number of hydrogen-bond acceptors (Lipinski definition) is 5. The summed E-state index contributed by atoms with van der Waals surface area (Å²) in [7, 11) is 0. The van der Waals surface area contributed by atoms with E-state index in [1.165, 1.54) is 17.4 Å². The Bertz CT molecular complexity index is 341. The molecule has 0 aromatic carbocycles. The van der Waals surface area contributed by atoms with Crippen LogP contribution in [-0.2, 0) is 11.3 Å². The number of hydrogen-bond donors (Lipinski definition) is 1. The number of ether oxygens (including phenoxy) is 1. The van der Waals surface area contributed by atoms with Crippen molar-refractivity contribution in [1.82, 2.24) is 5.32 Å². The van der Waals surface area contributed by atoms with Gasteiger partial charge in [0.25, 0.3) is 0 Å². The molecule has 1 aromatic heterocycles. The van der Waals surface area contributed by atoms with E-state index in [0.717, 1.165) is 4.88 Å². The van der Waals surface area contributed by atoms with Crippen molar-refractivity contribution in [2.45, 2.75) is 26.4 Å². The van der Waals surface area contributed by atoms with Gasteiger partial charge in [-0.3, -0.25) is 10.1 Å². The molecule has 5 nitrogen and oxygen atoms in total. The summed E-state index contributed by atoms with van der Waals surface area (Å²) in [4.78, 5) is 11.1. The maximum Gasteiger partial charge on any atom is 0.324 e. The van der Waals surface area contributed by atoms with E-state index in [-0.39, 0.29) is 16.0 Å². The van der Waals surface area contributed by atoms with Crippen LogP contribution in [0, 0.1) is 10.1 Å². The van der Waals surface area contributed by atoms with Crippen molar-refractivity contribution in [3.8, 4) is 0 Å². The lowest BCUT2D eigenvalue weighted by Gasteiger charge is -2.12. The van der Waals surface area contributed by atoms with E-state index >= 15 is 0 Å². The summed E-state index contributed by atoms with van der Waals surface area (Å²) in [6.45, 7) is 5.99. The number of nitrogens with zero attached hydrogens (tertiary/aromatic N) is 1. The first kappa shape index (κ1) is 13.1. The number of nitrogens with one attached hydrogen (secondary N) is 1. The minimum atomic E-state index is -0.363. The zero-order valence-electron chi connectivity index (χ0n) is 9.43. The van der Waals surface area contributed by atoms with Crippen molar-refractivity contribution in [2.24, 2.45) is 0 Å². The van der Waals surface area contributed by atoms with E-state index in [2.05, 4.69) is 5.32 Å². The Morgan fingerprint density at radius 1 is 1.62 bits per heavy atom. The lowest BCUT2D eigenvalue weighted by molar-refractivity contribution is -0.380. The van der Waals surface area contributed by atoms with Gasteiger partial charge >= 0.3 is 5.00 Å². The molecule has 6 heteroatoms. The van der Waals surface area contributed by atoms with Crippen LogP contribution in [0.4, 0.5) is 5.00 Å². The van der Waals surface area contributed by atoms with E-state index < -0.39 is 0 Å². The first-order valence-corrected chi connectivity index (χ1v) is 5.99. The lowest BCUT2D eigenvalue weighted by Crippen LogP contribution is -2.29. The molecule has 0 amide bonds. The van der Waals surface area contributed by atoms with Crippen LogP contribution in [0.3, 0.4) is 0 Å². The Hall–Kier alpha value is -0.980. The summed E-state index contributed by atoms with van der Waals surface area (Å²) in [6.07, 6.45) is 0. The van der Waals surface area contributed by atoms with Gasteiger partial charge in [-0.2, -0.15) is 0 Å². The topological polar surface area (TPSA) is 64.4 Å². The van der Waals surface area contributed by atoms with Gasteiger partial charge in [-0.15, -0.1) is 0 Å². The Labute approximate surface area is 98.6 Å². The summed E-state index contributed by atoms with van der Waals surface area (Å²) in [5, 5.41) is 13.9. The quantitative estimate of drug-likeness (QED) is 0.589. The highest BCUT2D eigenvalue weighted by Gasteiger charge is 2.10. The minimum absolute atomic E-state index is 0.189. The molecule has 1 N–H and O–H groups in total. The van der Waals surface area contributed by atoms with Crippen LogP contribution < -0.4 is 5.32 Å². The van der Waals surface area contributed by atoms with Crippen molar-refractivity contribution in [1.29, 1.82) is 0 Å². The van der Waals surface area contributed by atoms with Gasteiger partial charge < -0.3 is 10.1 Å². The molecule has 1 rings (SSSR count). The Morgan fingerprint density at radius 2 is 2.38 bits per heavy atom. The van der Waals surface area contributed by atoms with Gasteiger partial charge in [-0.25, -0.2) is 0 Å². The van der Waals surface area contributed by atoms with Crippen LogP contribution in [0.5, 0.6) is 0 Å². The third-order valence-corrected chi connectivity index (χ3v) is 3.06. The van der Waals surface area contributed by atoms with E-state index in [1.54, 1.807) is 6.07 Å². The largest absolute Gasteiger partial charge is 0.380 e.